The van der Waals surface area contributed by atoms with Crippen LogP contribution in [0.5, 0.6) is 0 Å². The zero-order valence-corrected chi connectivity index (χ0v) is 22.9. The van der Waals surface area contributed by atoms with Crippen molar-refractivity contribution in [1.82, 2.24) is 0 Å². The maximum Gasteiger partial charge on any atom is 0.311 e. The average Bonchev–Trinajstić information content (AvgIpc) is 2.82. The van der Waals surface area contributed by atoms with Crippen LogP contribution in [-0.2, 0) is 47.6 Å². The van der Waals surface area contributed by atoms with Gasteiger partial charge in [-0.05, 0) is 25.7 Å². The van der Waals surface area contributed by atoms with Crippen molar-refractivity contribution in [3.05, 3.63) is 0 Å². The van der Waals surface area contributed by atoms with Crippen molar-refractivity contribution in [2.75, 3.05) is 19.0 Å². The van der Waals surface area contributed by atoms with Gasteiger partial charge in [-0.1, -0.05) is 43.6 Å². The van der Waals surface area contributed by atoms with Gasteiger partial charge in [0.25, 0.3) is 0 Å². The van der Waals surface area contributed by atoms with Crippen molar-refractivity contribution in [3.8, 4) is 0 Å². The normalized spacial score (nSPS) is 24.8. The number of carbonyl (C=O) groups excluding carboxylic acids is 4. The largest absolute Gasteiger partial charge is 0.469 e. The Kier molecular flexibility index (Phi) is 15.1. The van der Waals surface area contributed by atoms with E-state index in [2.05, 4.69) is 15.9 Å². The lowest BCUT2D eigenvalue weighted by molar-refractivity contribution is -0.310. The molecule has 1 fully saturated rings. The number of ether oxygens (including phenoxy) is 6. The van der Waals surface area contributed by atoms with Crippen molar-refractivity contribution in [2.24, 2.45) is 5.92 Å². The quantitative estimate of drug-likeness (QED) is 0.165. The Labute approximate surface area is 215 Å². The number of carbonyl (C=O) groups is 4. The molecular weight excluding hydrogens is 528 g/mol. The zero-order valence-electron chi connectivity index (χ0n) is 21.3. The molecule has 1 rings (SSSR count). The van der Waals surface area contributed by atoms with E-state index in [-0.39, 0.29) is 25.9 Å². The van der Waals surface area contributed by atoms with Gasteiger partial charge in [-0.25, -0.2) is 0 Å². The van der Waals surface area contributed by atoms with Gasteiger partial charge in [0.15, 0.2) is 24.6 Å². The molecule has 202 valence electrons. The van der Waals surface area contributed by atoms with Crippen LogP contribution in [0.15, 0.2) is 0 Å². The van der Waals surface area contributed by atoms with E-state index in [0.717, 1.165) is 0 Å². The molecule has 1 aliphatic heterocycles. The van der Waals surface area contributed by atoms with Gasteiger partial charge in [-0.3, -0.25) is 19.2 Å². The Morgan fingerprint density at radius 2 is 1.29 bits per heavy atom. The number of alkyl halides is 1. The summed E-state index contributed by atoms with van der Waals surface area (Å²) in [5.74, 6) is -3.08. The van der Waals surface area contributed by atoms with Crippen LogP contribution in [0.2, 0.25) is 0 Å². The average molecular weight is 567 g/mol. The molecule has 0 aromatic rings. The molecule has 1 aliphatic rings. The van der Waals surface area contributed by atoms with Crippen molar-refractivity contribution in [2.45, 2.75) is 103 Å². The first-order chi connectivity index (χ1) is 16.8. The fourth-order valence-electron chi connectivity index (χ4n) is 3.78. The molecule has 0 aliphatic carbocycles. The second kappa shape index (κ2) is 16.9. The highest BCUT2D eigenvalue weighted by Crippen LogP contribution is 2.35. The lowest BCUT2D eigenvalue weighted by Crippen LogP contribution is -2.64. The number of esters is 4. The Bertz CT molecular complexity index is 685. The van der Waals surface area contributed by atoms with E-state index in [1.807, 2.05) is 20.8 Å². The Hall–Kier alpha value is -1.72. The fourth-order valence-corrected chi connectivity index (χ4v) is 3.96. The molecule has 0 amide bonds. The molecule has 1 heterocycles. The minimum Gasteiger partial charge on any atom is -0.469 e. The maximum absolute atomic E-state index is 12.6. The van der Waals surface area contributed by atoms with Crippen LogP contribution < -0.4 is 0 Å². The highest BCUT2D eigenvalue weighted by Gasteiger charge is 2.55. The van der Waals surface area contributed by atoms with Crippen LogP contribution >= 0.6 is 15.9 Å². The highest BCUT2D eigenvalue weighted by atomic mass is 79.9. The Balaban J connectivity index is 3.56. The van der Waals surface area contributed by atoms with Crippen LogP contribution in [0.25, 0.3) is 0 Å². The van der Waals surface area contributed by atoms with Crippen molar-refractivity contribution >= 4 is 39.8 Å². The molecule has 1 saturated heterocycles. The molecule has 0 aromatic heterocycles. The highest BCUT2D eigenvalue weighted by molar-refractivity contribution is 9.09. The number of halogens is 1. The van der Waals surface area contributed by atoms with Gasteiger partial charge in [0.1, 0.15) is 6.10 Å². The first-order valence-corrected chi connectivity index (χ1v) is 13.4. The van der Waals surface area contributed by atoms with E-state index < -0.39 is 60.5 Å². The van der Waals surface area contributed by atoms with Gasteiger partial charge in [0.05, 0.1) is 19.6 Å². The summed E-state index contributed by atoms with van der Waals surface area (Å²) in [6.45, 7) is 7.40. The van der Waals surface area contributed by atoms with E-state index in [1.165, 1.54) is 7.11 Å². The summed E-state index contributed by atoms with van der Waals surface area (Å²) in [6.07, 6.45) is -3.68. The van der Waals surface area contributed by atoms with Gasteiger partial charge < -0.3 is 28.4 Å². The molecule has 0 radical (unpaired) electrons. The molecule has 0 N–H and O–H groups in total. The molecule has 10 nitrogen and oxygen atoms in total. The van der Waals surface area contributed by atoms with E-state index >= 15 is 0 Å². The molecule has 0 bridgehead atoms. The van der Waals surface area contributed by atoms with Crippen LogP contribution in [0.1, 0.15) is 72.6 Å². The zero-order chi connectivity index (χ0) is 26.4. The van der Waals surface area contributed by atoms with E-state index in [1.54, 1.807) is 6.92 Å². The van der Waals surface area contributed by atoms with Gasteiger partial charge in [0, 0.05) is 24.6 Å². The van der Waals surface area contributed by atoms with Crippen molar-refractivity contribution in [1.29, 1.82) is 0 Å². The predicted octanol–water partition coefficient (Wildman–Crippen LogP) is 3.46. The smallest absolute Gasteiger partial charge is 0.311 e. The maximum atomic E-state index is 12.6. The molecule has 11 heteroatoms. The topological polar surface area (TPSA) is 124 Å². The third kappa shape index (κ3) is 9.69. The van der Waals surface area contributed by atoms with Crippen LogP contribution in [0.4, 0.5) is 0 Å². The SMILES string of the molecule is CCCC(=O)O[C@H]1[C@H](OC(=O)CCC)[C@@H](OC(=O)CCC)C(OCCBr)O[C@@H]1C(CC)C(=O)OC. The third-order valence-electron chi connectivity index (χ3n) is 5.40. The number of rotatable bonds is 15. The summed E-state index contributed by atoms with van der Waals surface area (Å²) in [7, 11) is 1.25. The predicted molar refractivity (Wildman–Crippen MR) is 129 cm³/mol. The van der Waals surface area contributed by atoms with Crippen LogP contribution in [-0.4, -0.2) is 73.6 Å². The van der Waals surface area contributed by atoms with E-state index in [4.69, 9.17) is 28.4 Å². The molecule has 35 heavy (non-hydrogen) atoms. The first-order valence-electron chi connectivity index (χ1n) is 12.3. The fraction of sp³-hybridized carbons (Fsp3) is 0.833. The monoisotopic (exact) mass is 566 g/mol. The lowest BCUT2D eigenvalue weighted by atomic mass is 9.87. The van der Waals surface area contributed by atoms with Gasteiger partial charge >= 0.3 is 23.9 Å². The number of methoxy groups -OCH3 is 1. The Morgan fingerprint density at radius 1 is 0.800 bits per heavy atom. The standard InChI is InChI=1S/C24H39BrO10/c1-6-10-16(26)32-20-19(15(9-4)23(29)30-5)35-24(31-14-13-25)22(34-18(28)12-8-3)21(20)33-17(27)11-7-2/h15,19-22,24H,6-14H2,1-5H3/t15?,19-,20-,21+,22-,24?/m1/s1. The summed E-state index contributed by atoms with van der Waals surface area (Å²) in [4.78, 5) is 50.3. The minimum absolute atomic E-state index is 0.106. The van der Waals surface area contributed by atoms with Gasteiger partial charge in [-0.15, -0.1) is 0 Å². The summed E-state index contributed by atoms with van der Waals surface area (Å²) in [5.41, 5.74) is 0. The molecule has 0 saturated carbocycles. The molecule has 0 aromatic carbocycles. The van der Waals surface area contributed by atoms with E-state index in [9.17, 15) is 19.2 Å². The first kappa shape index (κ1) is 31.3. The molecule has 2 unspecified atom stereocenters. The number of hydrogen-bond donors (Lipinski definition) is 0. The third-order valence-corrected chi connectivity index (χ3v) is 5.72. The second-order valence-electron chi connectivity index (χ2n) is 8.18. The summed E-state index contributed by atoms with van der Waals surface area (Å²) in [6, 6.07) is 0. The van der Waals surface area contributed by atoms with Crippen molar-refractivity contribution in [3.63, 3.8) is 0 Å². The summed E-state index contributed by atoms with van der Waals surface area (Å²) < 4.78 is 34.0. The Morgan fingerprint density at radius 3 is 1.71 bits per heavy atom. The number of hydrogen-bond acceptors (Lipinski definition) is 10. The second-order valence-corrected chi connectivity index (χ2v) is 8.97. The summed E-state index contributed by atoms with van der Waals surface area (Å²) >= 11 is 3.28. The molecular formula is C24H39BrO10. The molecule has 6 atom stereocenters. The van der Waals surface area contributed by atoms with E-state index in [0.29, 0.717) is 31.0 Å². The van der Waals surface area contributed by atoms with Crippen LogP contribution in [0.3, 0.4) is 0 Å². The summed E-state index contributed by atoms with van der Waals surface area (Å²) in [5, 5.41) is 0.455. The van der Waals surface area contributed by atoms with Crippen molar-refractivity contribution < 1.29 is 47.6 Å². The lowest BCUT2D eigenvalue weighted by Gasteiger charge is -2.46. The van der Waals surface area contributed by atoms with Gasteiger partial charge in [0.2, 0.25) is 0 Å². The minimum atomic E-state index is -1.24. The van der Waals surface area contributed by atoms with Gasteiger partial charge in [-0.2, -0.15) is 0 Å². The molecule has 0 spiro atoms. The van der Waals surface area contributed by atoms with Crippen LogP contribution in [0, 0.1) is 5.92 Å².